The molecule has 27 heavy (non-hydrogen) atoms. The van der Waals surface area contributed by atoms with E-state index < -0.39 is 10.8 Å². The van der Waals surface area contributed by atoms with Crippen LogP contribution in [0.3, 0.4) is 0 Å². The largest absolute Gasteiger partial charge is 0.454 e. The monoisotopic (exact) mass is 384 g/mol. The molecule has 0 fully saturated rings. The Bertz CT molecular complexity index is 926. The molecule has 8 heteroatoms. The standard InChI is InChI=1S/C19H16N2O5S/c1-2-9-27-18-6-4-3-5-14(18)20-19(22)8-7-13-10-16-17(26-12-25-16)11-15(13)21(23)24/h2-8,10-11H,1,9,12H2,(H,20,22)/b8-7+. The third-order valence-electron chi connectivity index (χ3n) is 3.63. The van der Waals surface area contributed by atoms with E-state index in [0.717, 1.165) is 4.90 Å². The van der Waals surface area contributed by atoms with Gasteiger partial charge in [0.25, 0.3) is 5.69 Å². The number of ether oxygens (including phenoxy) is 2. The highest BCUT2D eigenvalue weighted by Crippen LogP contribution is 2.38. The van der Waals surface area contributed by atoms with E-state index in [0.29, 0.717) is 22.9 Å². The minimum absolute atomic E-state index is 0.0132. The van der Waals surface area contributed by atoms with Gasteiger partial charge in [-0.2, -0.15) is 0 Å². The quantitative estimate of drug-likeness (QED) is 0.252. The van der Waals surface area contributed by atoms with Crippen molar-refractivity contribution < 1.29 is 19.2 Å². The molecule has 1 aliphatic rings. The third-order valence-corrected chi connectivity index (χ3v) is 4.70. The molecule has 0 radical (unpaired) electrons. The van der Waals surface area contributed by atoms with Crippen LogP contribution in [0.4, 0.5) is 11.4 Å². The number of hydrogen-bond donors (Lipinski definition) is 1. The van der Waals surface area contributed by atoms with E-state index in [9.17, 15) is 14.9 Å². The molecule has 0 atom stereocenters. The van der Waals surface area contributed by atoms with Gasteiger partial charge >= 0.3 is 0 Å². The van der Waals surface area contributed by atoms with Crippen molar-refractivity contribution in [3.05, 3.63) is 70.8 Å². The van der Waals surface area contributed by atoms with Crippen molar-refractivity contribution in [2.24, 2.45) is 0 Å². The number of para-hydroxylation sites is 1. The average Bonchev–Trinajstić information content (AvgIpc) is 3.12. The van der Waals surface area contributed by atoms with Crippen molar-refractivity contribution in [2.75, 3.05) is 17.9 Å². The number of anilines is 1. The fraction of sp³-hybridized carbons (Fsp3) is 0.105. The van der Waals surface area contributed by atoms with Gasteiger partial charge in [0, 0.05) is 16.7 Å². The molecule has 0 aliphatic carbocycles. The highest BCUT2D eigenvalue weighted by molar-refractivity contribution is 7.99. The molecule has 0 spiro atoms. The maximum absolute atomic E-state index is 12.3. The Morgan fingerprint density at radius 3 is 2.78 bits per heavy atom. The van der Waals surface area contributed by atoms with Gasteiger partial charge in [0.05, 0.1) is 22.2 Å². The van der Waals surface area contributed by atoms with Crippen LogP contribution < -0.4 is 14.8 Å². The van der Waals surface area contributed by atoms with Gasteiger partial charge < -0.3 is 14.8 Å². The van der Waals surface area contributed by atoms with E-state index in [4.69, 9.17) is 9.47 Å². The fourth-order valence-electron chi connectivity index (χ4n) is 2.42. The molecule has 0 bridgehead atoms. The molecule has 2 aromatic carbocycles. The van der Waals surface area contributed by atoms with Crippen LogP contribution in [0.2, 0.25) is 0 Å². The highest BCUT2D eigenvalue weighted by Gasteiger charge is 2.22. The minimum atomic E-state index is -0.527. The molecule has 0 unspecified atom stereocenters. The number of rotatable bonds is 7. The van der Waals surface area contributed by atoms with Gasteiger partial charge in [-0.15, -0.1) is 18.3 Å². The van der Waals surface area contributed by atoms with Crippen molar-refractivity contribution >= 4 is 35.1 Å². The lowest BCUT2D eigenvalue weighted by atomic mass is 10.1. The number of carbonyl (C=O) groups is 1. The first kappa shape index (κ1) is 18.5. The highest BCUT2D eigenvalue weighted by atomic mass is 32.2. The number of nitro groups is 1. The molecular formula is C19H16N2O5S. The second-order valence-corrected chi connectivity index (χ2v) is 6.50. The van der Waals surface area contributed by atoms with E-state index in [1.165, 1.54) is 24.3 Å². The number of nitrogens with one attached hydrogen (secondary N) is 1. The summed E-state index contributed by atoms with van der Waals surface area (Å²) in [5, 5.41) is 14.1. The lowest BCUT2D eigenvalue weighted by Gasteiger charge is -2.08. The van der Waals surface area contributed by atoms with Gasteiger partial charge in [-0.25, -0.2) is 0 Å². The Hall–Kier alpha value is -3.26. The van der Waals surface area contributed by atoms with E-state index in [1.54, 1.807) is 23.9 Å². The zero-order valence-electron chi connectivity index (χ0n) is 14.2. The van der Waals surface area contributed by atoms with E-state index in [1.807, 2.05) is 18.2 Å². The van der Waals surface area contributed by atoms with Crippen molar-refractivity contribution in [2.45, 2.75) is 4.90 Å². The molecular weight excluding hydrogens is 368 g/mol. The Labute approximate surface area is 159 Å². The van der Waals surface area contributed by atoms with Crippen molar-refractivity contribution in [3.63, 3.8) is 0 Å². The van der Waals surface area contributed by atoms with Gasteiger partial charge in [0.15, 0.2) is 11.5 Å². The van der Waals surface area contributed by atoms with Gasteiger partial charge in [0.2, 0.25) is 12.7 Å². The Morgan fingerprint density at radius 2 is 2.04 bits per heavy atom. The number of carbonyl (C=O) groups excluding carboxylic acids is 1. The van der Waals surface area contributed by atoms with Crippen LogP contribution in [0.25, 0.3) is 6.08 Å². The summed E-state index contributed by atoms with van der Waals surface area (Å²) in [5.41, 5.74) is 0.762. The van der Waals surface area contributed by atoms with E-state index in [2.05, 4.69) is 11.9 Å². The number of amides is 1. The summed E-state index contributed by atoms with van der Waals surface area (Å²) in [7, 11) is 0. The fourth-order valence-corrected chi connectivity index (χ4v) is 3.17. The summed E-state index contributed by atoms with van der Waals surface area (Å²) in [4.78, 5) is 23.9. The molecule has 1 amide bonds. The first-order valence-electron chi connectivity index (χ1n) is 7.98. The van der Waals surface area contributed by atoms with Crippen molar-refractivity contribution in [3.8, 4) is 11.5 Å². The molecule has 0 aromatic heterocycles. The summed E-state index contributed by atoms with van der Waals surface area (Å²) in [5.74, 6) is 1.04. The lowest BCUT2D eigenvalue weighted by molar-refractivity contribution is -0.385. The van der Waals surface area contributed by atoms with Crippen LogP contribution in [-0.2, 0) is 4.79 Å². The third kappa shape index (κ3) is 4.48. The second kappa shape index (κ2) is 8.41. The lowest BCUT2D eigenvalue weighted by Crippen LogP contribution is -2.08. The van der Waals surface area contributed by atoms with Crippen molar-refractivity contribution in [1.29, 1.82) is 0 Å². The van der Waals surface area contributed by atoms with Crippen LogP contribution in [0.15, 0.2) is 60.0 Å². The average molecular weight is 384 g/mol. The molecule has 3 rings (SSSR count). The van der Waals surface area contributed by atoms with E-state index in [-0.39, 0.29) is 18.0 Å². The molecule has 1 aliphatic heterocycles. The molecule has 0 saturated heterocycles. The van der Waals surface area contributed by atoms with Gasteiger partial charge in [-0.1, -0.05) is 18.2 Å². The van der Waals surface area contributed by atoms with Gasteiger partial charge in [0.1, 0.15) is 0 Å². The van der Waals surface area contributed by atoms with Gasteiger partial charge in [-0.3, -0.25) is 14.9 Å². The molecule has 0 saturated carbocycles. The zero-order chi connectivity index (χ0) is 19.2. The van der Waals surface area contributed by atoms with Crippen LogP contribution in [0, 0.1) is 10.1 Å². The summed E-state index contributed by atoms with van der Waals surface area (Å²) in [6, 6.07) is 10.2. The Balaban J connectivity index is 1.78. The molecule has 2 aromatic rings. The second-order valence-electron chi connectivity index (χ2n) is 5.44. The summed E-state index contributed by atoms with van der Waals surface area (Å²) < 4.78 is 10.4. The Kier molecular flexibility index (Phi) is 5.77. The SMILES string of the molecule is C=CCSc1ccccc1NC(=O)/C=C/c1cc2c(cc1[N+](=O)[O-])OCO2. The van der Waals surface area contributed by atoms with Crippen molar-refractivity contribution in [1.82, 2.24) is 0 Å². The smallest absolute Gasteiger partial charge is 0.280 e. The first-order chi connectivity index (χ1) is 13.1. The van der Waals surface area contributed by atoms with E-state index >= 15 is 0 Å². The summed E-state index contributed by atoms with van der Waals surface area (Å²) in [6.45, 7) is 3.70. The number of nitro benzene ring substituents is 1. The maximum atomic E-state index is 12.3. The first-order valence-corrected chi connectivity index (χ1v) is 8.97. The predicted octanol–water partition coefficient (Wildman–Crippen LogP) is 4.25. The minimum Gasteiger partial charge on any atom is -0.454 e. The maximum Gasteiger partial charge on any atom is 0.280 e. The van der Waals surface area contributed by atoms with Crippen LogP contribution in [-0.4, -0.2) is 23.4 Å². The van der Waals surface area contributed by atoms with Crippen LogP contribution >= 0.6 is 11.8 Å². The molecule has 1 heterocycles. The number of fused-ring (bicyclic) bond motifs is 1. The predicted molar refractivity (Wildman–Crippen MR) is 104 cm³/mol. The van der Waals surface area contributed by atoms with Gasteiger partial charge in [-0.05, 0) is 24.3 Å². The van der Waals surface area contributed by atoms with Crippen LogP contribution in [0.1, 0.15) is 5.56 Å². The molecule has 138 valence electrons. The van der Waals surface area contributed by atoms with Crippen LogP contribution in [0.5, 0.6) is 11.5 Å². The Morgan fingerprint density at radius 1 is 1.30 bits per heavy atom. The summed E-state index contributed by atoms with van der Waals surface area (Å²) >= 11 is 1.55. The number of hydrogen-bond acceptors (Lipinski definition) is 6. The molecule has 7 nitrogen and oxygen atoms in total. The number of nitrogens with zero attached hydrogens (tertiary/aromatic N) is 1. The number of thioether (sulfide) groups is 1. The number of benzene rings is 2. The molecule has 1 N–H and O–H groups in total. The zero-order valence-corrected chi connectivity index (χ0v) is 15.0. The topological polar surface area (TPSA) is 90.7 Å². The normalized spacial score (nSPS) is 12.1. The summed E-state index contributed by atoms with van der Waals surface area (Å²) in [6.07, 6.45) is 4.41.